The first kappa shape index (κ1) is 9.69. The summed E-state index contributed by atoms with van der Waals surface area (Å²) < 4.78 is 0. The van der Waals surface area contributed by atoms with Gasteiger partial charge in [0.25, 0.3) is 0 Å². The van der Waals surface area contributed by atoms with Gasteiger partial charge in [0, 0.05) is 19.4 Å². The molecule has 2 N–H and O–H groups in total. The quantitative estimate of drug-likeness (QED) is 0.757. The first-order valence-corrected chi connectivity index (χ1v) is 5.13. The minimum atomic E-state index is -0.605. The number of aliphatic hydroxyl groups is 2. The molecule has 1 aliphatic carbocycles. The van der Waals surface area contributed by atoms with Crippen LogP contribution in [0.25, 0.3) is 0 Å². The normalized spacial score (nSPS) is 18.1. The number of hydrogen-bond acceptors (Lipinski definition) is 2. The van der Waals surface area contributed by atoms with Crippen LogP contribution in [-0.4, -0.2) is 22.4 Å². The Kier molecular flexibility index (Phi) is 2.57. The monoisotopic (exact) mass is 192 g/mol. The van der Waals surface area contributed by atoms with Gasteiger partial charge in [0.05, 0.1) is 5.60 Å². The largest absolute Gasteiger partial charge is 0.396 e. The fourth-order valence-corrected chi connectivity index (χ4v) is 2.26. The zero-order valence-corrected chi connectivity index (χ0v) is 8.24. The van der Waals surface area contributed by atoms with Gasteiger partial charge in [0.15, 0.2) is 0 Å². The van der Waals surface area contributed by atoms with Crippen molar-refractivity contribution in [3.05, 3.63) is 35.4 Å². The van der Waals surface area contributed by atoms with Crippen molar-refractivity contribution in [3.63, 3.8) is 0 Å². The summed E-state index contributed by atoms with van der Waals surface area (Å²) in [6.07, 6.45) is 2.86. The van der Waals surface area contributed by atoms with Crippen LogP contribution in [0.2, 0.25) is 0 Å². The van der Waals surface area contributed by atoms with Crippen molar-refractivity contribution in [3.8, 4) is 0 Å². The minimum Gasteiger partial charge on any atom is -0.396 e. The fourth-order valence-electron chi connectivity index (χ4n) is 2.26. The van der Waals surface area contributed by atoms with Crippen LogP contribution in [0.4, 0.5) is 0 Å². The molecule has 2 nitrogen and oxygen atoms in total. The van der Waals surface area contributed by atoms with Crippen molar-refractivity contribution >= 4 is 0 Å². The Bertz CT molecular complexity index is 295. The van der Waals surface area contributed by atoms with Crippen LogP contribution in [-0.2, 0) is 12.8 Å². The molecule has 0 radical (unpaired) electrons. The lowest BCUT2D eigenvalue weighted by atomic mass is 9.94. The van der Waals surface area contributed by atoms with Crippen molar-refractivity contribution < 1.29 is 10.2 Å². The molecule has 14 heavy (non-hydrogen) atoms. The minimum absolute atomic E-state index is 0.165. The molecule has 1 aromatic carbocycles. The van der Waals surface area contributed by atoms with E-state index < -0.39 is 5.60 Å². The van der Waals surface area contributed by atoms with Crippen LogP contribution in [0.15, 0.2) is 24.3 Å². The van der Waals surface area contributed by atoms with E-state index in [0.29, 0.717) is 12.8 Å². The molecule has 0 atom stereocenters. The molecule has 0 heterocycles. The highest BCUT2D eigenvalue weighted by atomic mass is 16.3. The lowest BCUT2D eigenvalue weighted by molar-refractivity contribution is 0.0355. The molecule has 0 aromatic heterocycles. The second kappa shape index (κ2) is 3.71. The van der Waals surface area contributed by atoms with Gasteiger partial charge in [-0.2, -0.15) is 0 Å². The van der Waals surface area contributed by atoms with Crippen molar-refractivity contribution in [2.75, 3.05) is 6.61 Å². The van der Waals surface area contributed by atoms with Gasteiger partial charge < -0.3 is 10.2 Å². The van der Waals surface area contributed by atoms with Crippen molar-refractivity contribution in [2.45, 2.75) is 31.3 Å². The molecule has 1 aliphatic rings. The molecule has 0 unspecified atom stereocenters. The molecule has 0 fully saturated rings. The number of rotatable bonds is 3. The molecule has 2 heteroatoms. The number of hydrogen-bond donors (Lipinski definition) is 2. The third kappa shape index (κ3) is 1.81. The third-order valence-corrected chi connectivity index (χ3v) is 2.96. The van der Waals surface area contributed by atoms with E-state index in [0.717, 1.165) is 12.8 Å². The van der Waals surface area contributed by atoms with Crippen LogP contribution >= 0.6 is 0 Å². The zero-order valence-electron chi connectivity index (χ0n) is 8.24. The molecule has 0 amide bonds. The average Bonchev–Trinajstić information content (AvgIpc) is 2.51. The van der Waals surface area contributed by atoms with Crippen molar-refractivity contribution in [2.24, 2.45) is 0 Å². The van der Waals surface area contributed by atoms with Crippen molar-refractivity contribution in [1.29, 1.82) is 0 Å². The Hall–Kier alpha value is -0.860. The molecule has 2 rings (SSSR count). The van der Waals surface area contributed by atoms with Crippen molar-refractivity contribution in [1.82, 2.24) is 0 Å². The maximum atomic E-state index is 10.2. The summed E-state index contributed by atoms with van der Waals surface area (Å²) >= 11 is 0. The number of benzene rings is 1. The number of aliphatic hydroxyl groups excluding tert-OH is 1. The summed E-state index contributed by atoms with van der Waals surface area (Å²) in [4.78, 5) is 0. The number of fused-ring (bicyclic) bond motifs is 1. The Morgan fingerprint density at radius 3 is 2.21 bits per heavy atom. The summed E-state index contributed by atoms with van der Waals surface area (Å²) in [6.45, 7) is 0.165. The first-order chi connectivity index (χ1) is 6.73. The van der Waals surface area contributed by atoms with E-state index in [4.69, 9.17) is 5.11 Å². The predicted octanol–water partition coefficient (Wildman–Crippen LogP) is 1.29. The Morgan fingerprint density at radius 1 is 1.14 bits per heavy atom. The van der Waals surface area contributed by atoms with Gasteiger partial charge >= 0.3 is 0 Å². The Balaban J connectivity index is 2.09. The van der Waals surface area contributed by atoms with Gasteiger partial charge in [-0.25, -0.2) is 0 Å². The molecule has 0 aliphatic heterocycles. The molecule has 1 aromatic rings. The van der Waals surface area contributed by atoms with E-state index >= 15 is 0 Å². The summed E-state index contributed by atoms with van der Waals surface area (Å²) in [5, 5.41) is 19.0. The topological polar surface area (TPSA) is 40.5 Å². The molecule has 76 valence electrons. The summed E-state index contributed by atoms with van der Waals surface area (Å²) in [5.74, 6) is 0. The van der Waals surface area contributed by atoms with Gasteiger partial charge in [-0.3, -0.25) is 0 Å². The molecule has 0 bridgehead atoms. The first-order valence-electron chi connectivity index (χ1n) is 5.13. The summed E-state index contributed by atoms with van der Waals surface area (Å²) in [6, 6.07) is 8.17. The van der Waals surface area contributed by atoms with E-state index in [1.807, 2.05) is 12.1 Å². The third-order valence-electron chi connectivity index (χ3n) is 2.96. The van der Waals surface area contributed by atoms with Gasteiger partial charge in [-0.05, 0) is 24.0 Å². The highest BCUT2D eigenvalue weighted by molar-refractivity contribution is 5.35. The van der Waals surface area contributed by atoms with E-state index in [1.165, 1.54) is 11.1 Å². The van der Waals surface area contributed by atoms with Crippen LogP contribution in [0.3, 0.4) is 0 Å². The summed E-state index contributed by atoms with van der Waals surface area (Å²) in [5.41, 5.74) is 1.91. The van der Waals surface area contributed by atoms with Crippen LogP contribution < -0.4 is 0 Å². The average molecular weight is 192 g/mol. The van der Waals surface area contributed by atoms with Gasteiger partial charge in [0.1, 0.15) is 0 Å². The van der Waals surface area contributed by atoms with Crippen LogP contribution in [0.5, 0.6) is 0 Å². The smallest absolute Gasteiger partial charge is 0.0729 e. The van der Waals surface area contributed by atoms with Crippen LogP contribution in [0, 0.1) is 0 Å². The maximum Gasteiger partial charge on any atom is 0.0729 e. The SMILES string of the molecule is OCCCC1(O)Cc2ccccc2C1. The molecular weight excluding hydrogens is 176 g/mol. The maximum absolute atomic E-state index is 10.2. The lowest BCUT2D eigenvalue weighted by Gasteiger charge is -2.21. The second-order valence-corrected chi connectivity index (χ2v) is 4.17. The Morgan fingerprint density at radius 2 is 1.71 bits per heavy atom. The Labute approximate surface area is 84.2 Å². The molecular formula is C12H16O2. The predicted molar refractivity (Wildman–Crippen MR) is 55.1 cm³/mol. The molecule has 0 spiro atoms. The van der Waals surface area contributed by atoms with E-state index in [9.17, 15) is 5.11 Å². The molecule has 0 saturated carbocycles. The highest BCUT2D eigenvalue weighted by Crippen LogP contribution is 2.32. The van der Waals surface area contributed by atoms with Crippen LogP contribution in [0.1, 0.15) is 24.0 Å². The highest BCUT2D eigenvalue weighted by Gasteiger charge is 2.33. The second-order valence-electron chi connectivity index (χ2n) is 4.17. The lowest BCUT2D eigenvalue weighted by Crippen LogP contribution is -2.29. The van der Waals surface area contributed by atoms with E-state index in [-0.39, 0.29) is 6.61 Å². The standard InChI is InChI=1S/C12H16O2/c13-7-3-6-12(14)8-10-4-1-2-5-11(10)9-12/h1-2,4-5,13-14H,3,6-9H2. The van der Waals surface area contributed by atoms with Gasteiger partial charge in [0.2, 0.25) is 0 Å². The van der Waals surface area contributed by atoms with Gasteiger partial charge in [-0.1, -0.05) is 24.3 Å². The zero-order chi connectivity index (χ0) is 10.0. The van der Waals surface area contributed by atoms with E-state index in [1.54, 1.807) is 0 Å². The fraction of sp³-hybridized carbons (Fsp3) is 0.500. The molecule has 0 saturated heterocycles. The van der Waals surface area contributed by atoms with E-state index in [2.05, 4.69) is 12.1 Å². The van der Waals surface area contributed by atoms with Gasteiger partial charge in [-0.15, -0.1) is 0 Å². The summed E-state index contributed by atoms with van der Waals surface area (Å²) in [7, 11) is 0.